The van der Waals surface area contributed by atoms with Crippen molar-refractivity contribution in [2.45, 2.75) is 37.5 Å². The number of likely N-dealkylation sites (tertiary alicyclic amines) is 1. The molecule has 0 bridgehead atoms. The zero-order valence-corrected chi connectivity index (χ0v) is 18.6. The molecule has 3 N–H and O–H groups in total. The second kappa shape index (κ2) is 9.86. The highest BCUT2D eigenvalue weighted by Gasteiger charge is 2.38. The fraction of sp³-hybridized carbons (Fsp3) is 0.357. The summed E-state index contributed by atoms with van der Waals surface area (Å²) >= 11 is 0. The number of rotatable bonds is 9. The number of nitrogens with one attached hydrogen (secondary N) is 1. The van der Waals surface area contributed by atoms with E-state index >= 15 is 0 Å². The van der Waals surface area contributed by atoms with E-state index in [2.05, 4.69) is 83.0 Å². The smallest absolute Gasteiger partial charge is 0.127 e. The Hall–Kier alpha value is -2.66. The largest absolute Gasteiger partial charge is 0.488 e. The van der Waals surface area contributed by atoms with Gasteiger partial charge in [0, 0.05) is 43.2 Å². The van der Waals surface area contributed by atoms with E-state index in [1.807, 2.05) is 6.07 Å². The van der Waals surface area contributed by atoms with Crippen LogP contribution in [0, 0.1) is 0 Å². The lowest BCUT2D eigenvalue weighted by atomic mass is 9.99. The maximum atomic E-state index is 6.26. The molecule has 0 spiro atoms. The maximum Gasteiger partial charge on any atom is 0.127 e. The number of hydrogen-bond donors (Lipinski definition) is 2. The second-order valence-corrected chi connectivity index (χ2v) is 9.15. The standard InChI is InChI=1S/C28H33N3O/c29-24-13-15-31(19-24)16-14-30-27-18-25(27)23-11-12-28(32-20-21-7-3-1-4-8-21)26(17-23)22-9-5-2-6-10-22/h1-12,17,24-25,27,30H,13-16,18-20,29H2/t24-,25?,27+/m1/s1. The molecular weight excluding hydrogens is 394 g/mol. The molecule has 0 aromatic heterocycles. The first-order chi connectivity index (χ1) is 15.8. The SMILES string of the molecule is N[C@@H]1CCN(CCN[C@H]2CC2c2ccc(OCc3ccccc3)c(-c3ccccc3)c2)C1. The number of benzene rings is 3. The van der Waals surface area contributed by atoms with Gasteiger partial charge >= 0.3 is 0 Å². The van der Waals surface area contributed by atoms with E-state index in [1.165, 1.54) is 28.7 Å². The molecule has 1 saturated carbocycles. The molecule has 2 aliphatic rings. The lowest BCUT2D eigenvalue weighted by molar-refractivity contribution is 0.307. The molecule has 1 aliphatic carbocycles. The first-order valence-corrected chi connectivity index (χ1v) is 11.8. The van der Waals surface area contributed by atoms with Gasteiger partial charge in [-0.05, 0) is 48.2 Å². The van der Waals surface area contributed by atoms with Crippen molar-refractivity contribution in [1.29, 1.82) is 0 Å². The first-order valence-electron chi connectivity index (χ1n) is 11.8. The zero-order valence-electron chi connectivity index (χ0n) is 18.6. The average molecular weight is 428 g/mol. The van der Waals surface area contributed by atoms with Crippen LogP contribution in [0.25, 0.3) is 11.1 Å². The molecule has 0 radical (unpaired) electrons. The number of nitrogens with zero attached hydrogens (tertiary/aromatic N) is 1. The summed E-state index contributed by atoms with van der Waals surface area (Å²) in [4.78, 5) is 2.47. The van der Waals surface area contributed by atoms with Crippen molar-refractivity contribution < 1.29 is 4.74 Å². The highest BCUT2D eigenvalue weighted by Crippen LogP contribution is 2.43. The maximum absolute atomic E-state index is 6.26. The Balaban J connectivity index is 1.25. The van der Waals surface area contributed by atoms with Crippen LogP contribution in [0.1, 0.15) is 29.9 Å². The number of nitrogens with two attached hydrogens (primary N) is 1. The molecule has 166 valence electrons. The Morgan fingerprint density at radius 3 is 2.50 bits per heavy atom. The Labute approximate surface area is 191 Å². The van der Waals surface area contributed by atoms with Gasteiger partial charge in [-0.3, -0.25) is 0 Å². The second-order valence-electron chi connectivity index (χ2n) is 9.15. The normalized spacial score (nSPS) is 22.7. The average Bonchev–Trinajstić information content (AvgIpc) is 3.50. The summed E-state index contributed by atoms with van der Waals surface area (Å²) in [5.74, 6) is 1.53. The monoisotopic (exact) mass is 427 g/mol. The van der Waals surface area contributed by atoms with E-state index in [9.17, 15) is 0 Å². The quantitative estimate of drug-likeness (QED) is 0.531. The van der Waals surface area contributed by atoms with Crippen LogP contribution in [0.3, 0.4) is 0 Å². The number of ether oxygens (including phenoxy) is 1. The van der Waals surface area contributed by atoms with Crippen LogP contribution in [-0.2, 0) is 6.61 Å². The van der Waals surface area contributed by atoms with Gasteiger partial charge in [-0.15, -0.1) is 0 Å². The van der Waals surface area contributed by atoms with Crippen molar-refractivity contribution in [3.63, 3.8) is 0 Å². The van der Waals surface area contributed by atoms with E-state index in [4.69, 9.17) is 10.5 Å². The molecule has 3 aromatic rings. The van der Waals surface area contributed by atoms with Crippen molar-refractivity contribution in [3.05, 3.63) is 90.0 Å². The summed E-state index contributed by atoms with van der Waals surface area (Å²) in [5, 5.41) is 3.75. The molecule has 0 amide bonds. The van der Waals surface area contributed by atoms with Gasteiger partial charge in [0.2, 0.25) is 0 Å². The van der Waals surface area contributed by atoms with Gasteiger partial charge in [0.15, 0.2) is 0 Å². The number of hydrogen-bond acceptors (Lipinski definition) is 4. The zero-order chi connectivity index (χ0) is 21.8. The third-order valence-corrected chi connectivity index (χ3v) is 6.69. The van der Waals surface area contributed by atoms with E-state index in [-0.39, 0.29) is 0 Å². The van der Waals surface area contributed by atoms with E-state index < -0.39 is 0 Å². The summed E-state index contributed by atoms with van der Waals surface area (Å²) in [6.07, 6.45) is 2.34. The lowest BCUT2D eigenvalue weighted by Gasteiger charge is -2.16. The molecule has 32 heavy (non-hydrogen) atoms. The van der Waals surface area contributed by atoms with Gasteiger partial charge in [-0.25, -0.2) is 0 Å². The Bertz CT molecular complexity index is 1010. The van der Waals surface area contributed by atoms with Gasteiger partial charge in [0.25, 0.3) is 0 Å². The van der Waals surface area contributed by atoms with Gasteiger partial charge in [-0.2, -0.15) is 0 Å². The highest BCUT2D eigenvalue weighted by molar-refractivity contribution is 5.71. The Morgan fingerprint density at radius 1 is 0.969 bits per heavy atom. The van der Waals surface area contributed by atoms with Crippen LogP contribution >= 0.6 is 0 Å². The summed E-state index contributed by atoms with van der Waals surface area (Å²) in [7, 11) is 0. The minimum Gasteiger partial charge on any atom is -0.488 e. The molecular formula is C28H33N3O. The molecule has 1 heterocycles. The summed E-state index contributed by atoms with van der Waals surface area (Å²) < 4.78 is 6.26. The van der Waals surface area contributed by atoms with Crippen molar-refractivity contribution in [3.8, 4) is 16.9 Å². The van der Waals surface area contributed by atoms with Gasteiger partial charge in [0.05, 0.1) is 0 Å². The molecule has 3 atom stereocenters. The van der Waals surface area contributed by atoms with Crippen LogP contribution in [0.2, 0.25) is 0 Å². The van der Waals surface area contributed by atoms with Crippen LogP contribution in [0.5, 0.6) is 5.75 Å². The van der Waals surface area contributed by atoms with Gasteiger partial charge in [0.1, 0.15) is 12.4 Å². The topological polar surface area (TPSA) is 50.5 Å². The fourth-order valence-electron chi connectivity index (χ4n) is 4.75. The summed E-state index contributed by atoms with van der Waals surface area (Å²) in [6.45, 7) is 4.90. The molecule has 1 saturated heterocycles. The highest BCUT2D eigenvalue weighted by atomic mass is 16.5. The molecule has 3 aromatic carbocycles. The van der Waals surface area contributed by atoms with E-state index in [0.717, 1.165) is 38.3 Å². The fourth-order valence-corrected chi connectivity index (χ4v) is 4.75. The predicted octanol–water partition coefficient (Wildman–Crippen LogP) is 4.41. The molecule has 4 nitrogen and oxygen atoms in total. The van der Waals surface area contributed by atoms with E-state index in [1.54, 1.807) is 0 Å². The summed E-state index contributed by atoms with van der Waals surface area (Å²) in [6, 6.07) is 28.6. The predicted molar refractivity (Wildman–Crippen MR) is 131 cm³/mol. The molecule has 5 rings (SSSR count). The third-order valence-electron chi connectivity index (χ3n) is 6.69. The first kappa shape index (κ1) is 21.2. The van der Waals surface area contributed by atoms with Crippen LogP contribution in [0.15, 0.2) is 78.9 Å². The third kappa shape index (κ3) is 5.21. The molecule has 1 unspecified atom stereocenters. The molecule has 2 fully saturated rings. The van der Waals surface area contributed by atoms with Crippen molar-refractivity contribution in [2.75, 3.05) is 26.2 Å². The molecule has 4 heteroatoms. The van der Waals surface area contributed by atoms with Crippen molar-refractivity contribution in [1.82, 2.24) is 10.2 Å². The lowest BCUT2D eigenvalue weighted by Crippen LogP contribution is -2.33. The van der Waals surface area contributed by atoms with Gasteiger partial charge in [-0.1, -0.05) is 66.7 Å². The van der Waals surface area contributed by atoms with Crippen LogP contribution < -0.4 is 15.8 Å². The van der Waals surface area contributed by atoms with Gasteiger partial charge < -0.3 is 20.7 Å². The van der Waals surface area contributed by atoms with Crippen molar-refractivity contribution in [2.24, 2.45) is 5.73 Å². The van der Waals surface area contributed by atoms with Crippen LogP contribution in [-0.4, -0.2) is 43.2 Å². The van der Waals surface area contributed by atoms with Crippen molar-refractivity contribution >= 4 is 0 Å². The molecule has 1 aliphatic heterocycles. The van der Waals surface area contributed by atoms with Crippen LogP contribution in [0.4, 0.5) is 0 Å². The summed E-state index contributed by atoms with van der Waals surface area (Å²) in [5.41, 5.74) is 11.0. The van der Waals surface area contributed by atoms with E-state index in [0.29, 0.717) is 24.6 Å². The minimum atomic E-state index is 0.364. The Morgan fingerprint density at radius 2 is 1.75 bits per heavy atom. The Kier molecular flexibility index (Phi) is 6.54. The minimum absolute atomic E-state index is 0.364.